The van der Waals surface area contributed by atoms with E-state index in [2.05, 4.69) is 59.5 Å². The Bertz CT molecular complexity index is 530. The van der Waals surface area contributed by atoms with Crippen molar-refractivity contribution >= 4 is 10.9 Å². The predicted molar refractivity (Wildman–Crippen MR) is 80.4 cm³/mol. The lowest BCUT2D eigenvalue weighted by atomic mass is 10.0. The molecular weight excluding hydrogens is 236 g/mol. The third-order valence-corrected chi connectivity index (χ3v) is 3.50. The second-order valence-electron chi connectivity index (χ2n) is 5.47. The van der Waals surface area contributed by atoms with Crippen molar-refractivity contribution in [2.24, 2.45) is 0 Å². The summed E-state index contributed by atoms with van der Waals surface area (Å²) in [6, 6.07) is 6.55. The molecule has 0 radical (unpaired) electrons. The third-order valence-electron chi connectivity index (χ3n) is 3.50. The average Bonchev–Trinajstić information content (AvgIpc) is 2.78. The SMILES string of the molecule is CNCCN(C)Cc1[nH]nc2ccc(C(C)C)cc12. The van der Waals surface area contributed by atoms with Crippen LogP contribution in [-0.2, 0) is 6.54 Å². The molecule has 2 rings (SSSR count). The van der Waals surface area contributed by atoms with Crippen LogP contribution in [0.5, 0.6) is 0 Å². The highest BCUT2D eigenvalue weighted by Gasteiger charge is 2.09. The number of benzene rings is 1. The van der Waals surface area contributed by atoms with E-state index in [1.54, 1.807) is 0 Å². The molecule has 0 fully saturated rings. The molecule has 1 aromatic heterocycles. The Kier molecular flexibility index (Phi) is 4.56. The van der Waals surface area contributed by atoms with Crippen LogP contribution in [0, 0.1) is 0 Å². The summed E-state index contributed by atoms with van der Waals surface area (Å²) in [5, 5.41) is 12.0. The first kappa shape index (κ1) is 14.0. The monoisotopic (exact) mass is 260 g/mol. The smallest absolute Gasteiger partial charge is 0.0924 e. The van der Waals surface area contributed by atoms with Crippen LogP contribution in [0.25, 0.3) is 10.9 Å². The molecule has 0 aliphatic carbocycles. The second kappa shape index (κ2) is 6.17. The number of rotatable bonds is 6. The highest BCUT2D eigenvalue weighted by Crippen LogP contribution is 2.23. The molecular formula is C15H24N4. The fraction of sp³-hybridized carbons (Fsp3) is 0.533. The number of hydrogen-bond acceptors (Lipinski definition) is 3. The average molecular weight is 260 g/mol. The van der Waals surface area contributed by atoms with Gasteiger partial charge >= 0.3 is 0 Å². The van der Waals surface area contributed by atoms with E-state index in [1.807, 2.05) is 7.05 Å². The van der Waals surface area contributed by atoms with Gasteiger partial charge in [0, 0.05) is 25.0 Å². The first-order chi connectivity index (χ1) is 9.11. The Morgan fingerprint density at radius 3 is 2.84 bits per heavy atom. The van der Waals surface area contributed by atoms with Gasteiger partial charge in [0.25, 0.3) is 0 Å². The van der Waals surface area contributed by atoms with Crippen LogP contribution in [0.4, 0.5) is 0 Å². The van der Waals surface area contributed by atoms with E-state index in [1.165, 1.54) is 16.6 Å². The first-order valence-corrected chi connectivity index (χ1v) is 6.92. The maximum absolute atomic E-state index is 4.39. The molecule has 1 aromatic carbocycles. The normalized spacial score (nSPS) is 11.9. The number of H-pyrrole nitrogens is 1. The summed E-state index contributed by atoms with van der Waals surface area (Å²) in [5.41, 5.74) is 3.63. The number of nitrogens with zero attached hydrogens (tertiary/aromatic N) is 2. The number of hydrogen-bond donors (Lipinski definition) is 2. The molecule has 104 valence electrons. The highest BCUT2D eigenvalue weighted by atomic mass is 15.2. The quantitative estimate of drug-likeness (QED) is 0.838. The van der Waals surface area contributed by atoms with E-state index in [9.17, 15) is 0 Å². The zero-order chi connectivity index (χ0) is 13.8. The molecule has 0 spiro atoms. The van der Waals surface area contributed by atoms with Crippen molar-refractivity contribution in [2.45, 2.75) is 26.3 Å². The largest absolute Gasteiger partial charge is 0.318 e. The van der Waals surface area contributed by atoms with Gasteiger partial charge in [0.1, 0.15) is 0 Å². The van der Waals surface area contributed by atoms with Gasteiger partial charge in [0.05, 0.1) is 11.2 Å². The molecule has 0 aliphatic heterocycles. The molecule has 4 heteroatoms. The molecule has 2 N–H and O–H groups in total. The Balaban J connectivity index is 2.20. The number of likely N-dealkylation sites (N-methyl/N-ethyl adjacent to an activating group) is 2. The lowest BCUT2D eigenvalue weighted by molar-refractivity contribution is 0.325. The lowest BCUT2D eigenvalue weighted by Gasteiger charge is -2.15. The fourth-order valence-electron chi connectivity index (χ4n) is 2.21. The fourth-order valence-corrected chi connectivity index (χ4v) is 2.21. The van der Waals surface area contributed by atoms with Crippen molar-refractivity contribution in [1.82, 2.24) is 20.4 Å². The highest BCUT2D eigenvalue weighted by molar-refractivity contribution is 5.82. The van der Waals surface area contributed by atoms with Crippen molar-refractivity contribution in [3.05, 3.63) is 29.5 Å². The van der Waals surface area contributed by atoms with Gasteiger partial charge in [-0.15, -0.1) is 0 Å². The molecule has 0 saturated heterocycles. The predicted octanol–water partition coefficient (Wildman–Crippen LogP) is 2.34. The Hall–Kier alpha value is -1.39. The van der Waals surface area contributed by atoms with Crippen molar-refractivity contribution in [2.75, 3.05) is 27.2 Å². The molecule has 2 aromatic rings. The van der Waals surface area contributed by atoms with Gasteiger partial charge in [-0.1, -0.05) is 19.9 Å². The Morgan fingerprint density at radius 1 is 1.37 bits per heavy atom. The number of aromatic nitrogens is 2. The van der Waals surface area contributed by atoms with Gasteiger partial charge in [-0.25, -0.2) is 0 Å². The summed E-state index contributed by atoms with van der Waals surface area (Å²) in [4.78, 5) is 2.30. The van der Waals surface area contributed by atoms with E-state index in [-0.39, 0.29) is 0 Å². The van der Waals surface area contributed by atoms with Crippen LogP contribution in [-0.4, -0.2) is 42.3 Å². The minimum atomic E-state index is 0.550. The van der Waals surface area contributed by atoms with Crippen molar-refractivity contribution in [3.8, 4) is 0 Å². The Labute approximate surface area is 115 Å². The van der Waals surface area contributed by atoms with Crippen LogP contribution in [0.2, 0.25) is 0 Å². The van der Waals surface area contributed by atoms with E-state index in [0.717, 1.165) is 25.2 Å². The van der Waals surface area contributed by atoms with Crippen molar-refractivity contribution in [3.63, 3.8) is 0 Å². The molecule has 0 saturated carbocycles. The molecule has 0 aliphatic rings. The second-order valence-corrected chi connectivity index (χ2v) is 5.47. The molecule has 1 heterocycles. The minimum absolute atomic E-state index is 0.550. The van der Waals surface area contributed by atoms with Gasteiger partial charge in [0.15, 0.2) is 0 Å². The van der Waals surface area contributed by atoms with Gasteiger partial charge in [-0.05, 0) is 37.7 Å². The Morgan fingerprint density at radius 2 is 2.16 bits per heavy atom. The van der Waals surface area contributed by atoms with E-state index < -0.39 is 0 Å². The number of fused-ring (bicyclic) bond motifs is 1. The summed E-state index contributed by atoms with van der Waals surface area (Å²) in [6.45, 7) is 7.38. The van der Waals surface area contributed by atoms with Crippen LogP contribution in [0.1, 0.15) is 31.0 Å². The third kappa shape index (κ3) is 3.33. The summed E-state index contributed by atoms with van der Waals surface area (Å²) in [7, 11) is 4.12. The van der Waals surface area contributed by atoms with Crippen LogP contribution >= 0.6 is 0 Å². The van der Waals surface area contributed by atoms with Gasteiger partial charge in [0.2, 0.25) is 0 Å². The summed E-state index contributed by atoms with van der Waals surface area (Å²) >= 11 is 0. The lowest BCUT2D eigenvalue weighted by Crippen LogP contribution is -2.27. The summed E-state index contributed by atoms with van der Waals surface area (Å²) in [6.07, 6.45) is 0. The van der Waals surface area contributed by atoms with Crippen LogP contribution < -0.4 is 5.32 Å². The standard InChI is InChI=1S/C15H24N4/c1-11(2)12-5-6-14-13(9-12)15(18-17-14)10-19(4)8-7-16-3/h5-6,9,11,16H,7-8,10H2,1-4H3,(H,17,18). The molecule has 0 unspecified atom stereocenters. The van der Waals surface area contributed by atoms with E-state index >= 15 is 0 Å². The molecule has 0 bridgehead atoms. The molecule has 0 atom stereocenters. The molecule has 19 heavy (non-hydrogen) atoms. The maximum Gasteiger partial charge on any atom is 0.0924 e. The topological polar surface area (TPSA) is 44.0 Å². The van der Waals surface area contributed by atoms with Gasteiger partial charge in [-0.3, -0.25) is 10.00 Å². The number of aromatic amines is 1. The zero-order valence-corrected chi connectivity index (χ0v) is 12.3. The maximum atomic E-state index is 4.39. The molecule has 4 nitrogen and oxygen atoms in total. The summed E-state index contributed by atoms with van der Waals surface area (Å²) < 4.78 is 0. The van der Waals surface area contributed by atoms with E-state index in [4.69, 9.17) is 0 Å². The van der Waals surface area contributed by atoms with Crippen LogP contribution in [0.3, 0.4) is 0 Å². The van der Waals surface area contributed by atoms with Crippen molar-refractivity contribution in [1.29, 1.82) is 0 Å². The van der Waals surface area contributed by atoms with Crippen LogP contribution in [0.15, 0.2) is 18.2 Å². The van der Waals surface area contributed by atoms with Gasteiger partial charge in [-0.2, -0.15) is 5.10 Å². The van der Waals surface area contributed by atoms with Crippen molar-refractivity contribution < 1.29 is 0 Å². The first-order valence-electron chi connectivity index (χ1n) is 6.92. The van der Waals surface area contributed by atoms with Gasteiger partial charge < -0.3 is 5.32 Å². The van der Waals surface area contributed by atoms with E-state index in [0.29, 0.717) is 5.92 Å². The summed E-state index contributed by atoms with van der Waals surface area (Å²) in [5.74, 6) is 0.550. The number of nitrogens with one attached hydrogen (secondary N) is 2. The molecule has 0 amide bonds. The minimum Gasteiger partial charge on any atom is -0.318 e. The zero-order valence-electron chi connectivity index (χ0n) is 12.3.